The van der Waals surface area contributed by atoms with Gasteiger partial charge in [0.05, 0.1) is 23.3 Å². The molecule has 174 valence electrons. The van der Waals surface area contributed by atoms with E-state index < -0.39 is 0 Å². The predicted molar refractivity (Wildman–Crippen MR) is 145 cm³/mol. The molecule has 0 fully saturated rings. The Kier molecular flexibility index (Phi) is 8.03. The minimum Gasteiger partial charge on any atom is -0.354 e. The Morgan fingerprint density at radius 2 is 1.00 bits per heavy atom. The number of hydrogen-bond donors (Lipinski definition) is 3. The molecule has 0 unspecified atom stereocenters. The van der Waals surface area contributed by atoms with E-state index in [1.165, 1.54) is 0 Å². The number of fused-ring (bicyclic) bond motifs is 1. The van der Waals surface area contributed by atoms with Gasteiger partial charge in [-0.15, -0.1) is 0 Å². The van der Waals surface area contributed by atoms with Gasteiger partial charge in [0.1, 0.15) is 11.9 Å². The minimum absolute atomic E-state index is 0. The molecule has 0 atom stereocenters. The van der Waals surface area contributed by atoms with E-state index in [0.717, 1.165) is 33.8 Å². The highest BCUT2D eigenvalue weighted by Gasteiger charge is 2.13. The Balaban J connectivity index is 0.000000556. The van der Waals surface area contributed by atoms with Crippen molar-refractivity contribution in [2.45, 2.75) is 6.42 Å². The summed E-state index contributed by atoms with van der Waals surface area (Å²) in [6.45, 7) is 0. The van der Waals surface area contributed by atoms with Crippen molar-refractivity contribution in [3.8, 4) is 12.1 Å². The number of aromatic nitrogens is 2. The van der Waals surface area contributed by atoms with E-state index in [-0.39, 0.29) is 6.42 Å². The van der Waals surface area contributed by atoms with Crippen molar-refractivity contribution in [3.63, 3.8) is 0 Å². The number of rotatable bonds is 6. The first-order valence-corrected chi connectivity index (χ1v) is 11.3. The molecule has 7 nitrogen and oxygen atoms in total. The highest BCUT2D eigenvalue weighted by Crippen LogP contribution is 2.31. The van der Waals surface area contributed by atoms with Gasteiger partial charge in [-0.3, -0.25) is 0 Å². The molecule has 0 aliphatic heterocycles. The summed E-state index contributed by atoms with van der Waals surface area (Å²) in [7, 11) is 0. The fourth-order valence-corrected chi connectivity index (χ4v) is 3.38. The van der Waals surface area contributed by atoms with Crippen LogP contribution in [-0.4, -0.2) is 9.97 Å². The van der Waals surface area contributed by atoms with Crippen molar-refractivity contribution in [2.24, 2.45) is 0 Å². The normalized spacial score (nSPS) is 9.72. The van der Waals surface area contributed by atoms with Crippen LogP contribution in [0.4, 0.5) is 34.4 Å². The summed E-state index contributed by atoms with van der Waals surface area (Å²) in [5, 5.41) is 25.5. The van der Waals surface area contributed by atoms with Crippen LogP contribution in [0.15, 0.2) is 109 Å². The Hall–Kier alpha value is -5.40. The lowest BCUT2D eigenvalue weighted by atomic mass is 10.2. The Morgan fingerprint density at radius 1 is 0.528 bits per heavy atom. The van der Waals surface area contributed by atoms with E-state index in [9.17, 15) is 0 Å². The van der Waals surface area contributed by atoms with Gasteiger partial charge in [0.15, 0.2) is 11.6 Å². The molecule has 0 saturated carbocycles. The number of nitrogens with one attached hydrogen (secondary N) is 3. The molecule has 0 aliphatic rings. The molecular formula is C29H23N7. The van der Waals surface area contributed by atoms with Gasteiger partial charge in [-0.1, -0.05) is 60.7 Å². The monoisotopic (exact) mass is 469 g/mol. The van der Waals surface area contributed by atoms with Crippen molar-refractivity contribution in [1.82, 2.24) is 9.97 Å². The van der Waals surface area contributed by atoms with E-state index in [2.05, 4.69) is 16.0 Å². The zero-order chi connectivity index (χ0) is 25.0. The number of anilines is 6. The number of nitrogens with zero attached hydrogens (tertiary/aromatic N) is 4. The van der Waals surface area contributed by atoms with Crippen LogP contribution in [0.5, 0.6) is 0 Å². The zero-order valence-electron chi connectivity index (χ0n) is 19.4. The van der Waals surface area contributed by atoms with Crippen LogP contribution in [0.2, 0.25) is 0 Å². The number of nitriles is 2. The van der Waals surface area contributed by atoms with Crippen molar-refractivity contribution in [2.75, 3.05) is 16.0 Å². The molecule has 1 heterocycles. The predicted octanol–water partition coefficient (Wildman–Crippen LogP) is 7.28. The molecule has 36 heavy (non-hydrogen) atoms. The third-order valence-corrected chi connectivity index (χ3v) is 4.98. The Labute approximate surface area is 209 Å². The minimum atomic E-state index is 0. The lowest BCUT2D eigenvalue weighted by Crippen LogP contribution is -2.04. The second-order valence-electron chi connectivity index (χ2n) is 7.56. The summed E-state index contributed by atoms with van der Waals surface area (Å²) in [6.07, 6.45) is 0. The summed E-state index contributed by atoms with van der Waals surface area (Å²) in [5.41, 5.74) is 5.40. The van der Waals surface area contributed by atoms with Gasteiger partial charge in [-0.2, -0.15) is 10.5 Å². The Morgan fingerprint density at radius 3 is 1.47 bits per heavy atom. The molecule has 0 saturated heterocycles. The first-order valence-electron chi connectivity index (χ1n) is 11.3. The van der Waals surface area contributed by atoms with Gasteiger partial charge < -0.3 is 16.0 Å². The smallest absolute Gasteiger partial charge is 0.174 e. The molecule has 0 amide bonds. The quantitative estimate of drug-likeness (QED) is 0.240. The van der Waals surface area contributed by atoms with Crippen LogP contribution in [0.3, 0.4) is 0 Å². The number of hydrogen-bond acceptors (Lipinski definition) is 7. The van der Waals surface area contributed by atoms with E-state index >= 15 is 0 Å². The maximum Gasteiger partial charge on any atom is 0.174 e. The van der Waals surface area contributed by atoms with Crippen LogP contribution in [0.25, 0.3) is 11.0 Å². The first kappa shape index (κ1) is 23.7. The third kappa shape index (κ3) is 6.34. The SMILES string of the molecule is N#CCC#N.c1ccc(Nc2nc3cccc(Nc4ccccc4)c3nc2Nc2ccccc2)cc1. The molecule has 0 aliphatic carbocycles. The summed E-state index contributed by atoms with van der Waals surface area (Å²) in [4.78, 5) is 9.86. The second-order valence-corrected chi connectivity index (χ2v) is 7.56. The van der Waals surface area contributed by atoms with Gasteiger partial charge in [-0.25, -0.2) is 9.97 Å². The largest absolute Gasteiger partial charge is 0.354 e. The third-order valence-electron chi connectivity index (χ3n) is 4.98. The first-order chi connectivity index (χ1) is 17.8. The maximum atomic E-state index is 7.59. The lowest BCUT2D eigenvalue weighted by Gasteiger charge is -2.15. The summed E-state index contributed by atoms with van der Waals surface area (Å²) in [5.74, 6) is 1.32. The van der Waals surface area contributed by atoms with Crippen molar-refractivity contribution in [3.05, 3.63) is 109 Å². The fourth-order valence-electron chi connectivity index (χ4n) is 3.38. The maximum absolute atomic E-state index is 7.59. The lowest BCUT2D eigenvalue weighted by molar-refractivity contribution is 1.27. The van der Waals surface area contributed by atoms with Gasteiger partial charge in [0.2, 0.25) is 0 Å². The topological polar surface area (TPSA) is 109 Å². The van der Waals surface area contributed by atoms with Crippen LogP contribution >= 0.6 is 0 Å². The van der Waals surface area contributed by atoms with Gasteiger partial charge >= 0.3 is 0 Å². The van der Waals surface area contributed by atoms with Crippen LogP contribution in [0, 0.1) is 22.7 Å². The molecule has 0 radical (unpaired) electrons. The Bertz CT molecular complexity index is 1480. The van der Waals surface area contributed by atoms with Crippen LogP contribution < -0.4 is 16.0 Å². The molecule has 3 N–H and O–H groups in total. The number of para-hydroxylation sites is 4. The summed E-state index contributed by atoms with van der Waals surface area (Å²) in [6, 6.07) is 39.3. The molecule has 4 aromatic carbocycles. The van der Waals surface area contributed by atoms with E-state index in [1.54, 1.807) is 12.1 Å². The van der Waals surface area contributed by atoms with E-state index in [1.807, 2.05) is 109 Å². The summed E-state index contributed by atoms with van der Waals surface area (Å²) >= 11 is 0. The molecule has 0 spiro atoms. The number of benzene rings is 4. The molecule has 5 rings (SSSR count). The average Bonchev–Trinajstić information content (AvgIpc) is 2.92. The summed E-state index contributed by atoms with van der Waals surface area (Å²) < 4.78 is 0. The highest BCUT2D eigenvalue weighted by molar-refractivity contribution is 5.93. The zero-order valence-corrected chi connectivity index (χ0v) is 19.4. The van der Waals surface area contributed by atoms with Crippen LogP contribution in [0.1, 0.15) is 6.42 Å². The van der Waals surface area contributed by atoms with Crippen LogP contribution in [-0.2, 0) is 0 Å². The van der Waals surface area contributed by atoms with Crippen molar-refractivity contribution >= 4 is 45.4 Å². The fraction of sp³-hybridized carbons (Fsp3) is 0.0345. The molecule has 5 aromatic rings. The van der Waals surface area contributed by atoms with E-state index in [4.69, 9.17) is 20.5 Å². The molecular weight excluding hydrogens is 446 g/mol. The van der Waals surface area contributed by atoms with E-state index in [0.29, 0.717) is 11.6 Å². The van der Waals surface area contributed by atoms with Crippen molar-refractivity contribution in [1.29, 1.82) is 10.5 Å². The van der Waals surface area contributed by atoms with Gasteiger partial charge in [0.25, 0.3) is 0 Å². The average molecular weight is 470 g/mol. The molecule has 0 bridgehead atoms. The molecule has 1 aromatic heterocycles. The highest BCUT2D eigenvalue weighted by atomic mass is 15.1. The van der Waals surface area contributed by atoms with Gasteiger partial charge in [0, 0.05) is 17.1 Å². The molecule has 7 heteroatoms. The second kappa shape index (κ2) is 12.2. The van der Waals surface area contributed by atoms with Gasteiger partial charge in [-0.05, 0) is 48.5 Å². The van der Waals surface area contributed by atoms with Crippen molar-refractivity contribution < 1.29 is 0 Å². The standard InChI is InChI=1S/C26H21N5.C3H2N2/c1-4-11-19(12-5-1)27-22-17-10-18-23-24(22)31-26(29-21-15-8-3-9-16-21)25(30-23)28-20-13-6-2-7-14-20;4-2-1-3-5/h1-18,27H,(H,28,30)(H,29,31);1H2.